The molecule has 0 aliphatic carbocycles. The van der Waals surface area contributed by atoms with Crippen molar-refractivity contribution in [1.82, 2.24) is 15.5 Å². The van der Waals surface area contributed by atoms with Gasteiger partial charge in [0.05, 0.1) is 5.69 Å². The summed E-state index contributed by atoms with van der Waals surface area (Å²) in [6.45, 7) is 1.97. The molecule has 0 aliphatic rings. The number of hydrogen-bond acceptors (Lipinski definition) is 5. The van der Waals surface area contributed by atoms with E-state index in [4.69, 9.17) is 16.3 Å². The molecule has 1 aromatic heterocycles. The van der Waals surface area contributed by atoms with Crippen LogP contribution in [0.2, 0.25) is 5.02 Å². The van der Waals surface area contributed by atoms with Crippen molar-refractivity contribution >= 4 is 17.7 Å². The number of aromatic amines is 1. The van der Waals surface area contributed by atoms with Crippen LogP contribution in [0.4, 0.5) is 4.79 Å². The SMILES string of the molecule is Cc1cc(-c2cc(OC(=O)NCc3ccc(Cl)cc3)c(=O)[nH]n2)ccc1O. The third-order valence-electron chi connectivity index (χ3n) is 3.81. The number of carbonyl (C=O) groups is 1. The average molecular weight is 386 g/mol. The molecule has 3 aromatic rings. The topological polar surface area (TPSA) is 104 Å². The van der Waals surface area contributed by atoms with Crippen molar-refractivity contribution < 1.29 is 14.6 Å². The molecule has 0 spiro atoms. The summed E-state index contributed by atoms with van der Waals surface area (Å²) in [6, 6.07) is 13.2. The maximum absolute atomic E-state index is 12.0. The van der Waals surface area contributed by atoms with Crippen LogP contribution in [0.1, 0.15) is 11.1 Å². The van der Waals surface area contributed by atoms with Gasteiger partial charge >= 0.3 is 11.7 Å². The first-order valence-corrected chi connectivity index (χ1v) is 8.40. The molecule has 2 aromatic carbocycles. The Kier molecular flexibility index (Phi) is 5.42. The molecule has 27 heavy (non-hydrogen) atoms. The zero-order valence-corrected chi connectivity index (χ0v) is 15.1. The van der Waals surface area contributed by atoms with Crippen LogP contribution in [0.5, 0.6) is 11.5 Å². The predicted octanol–water partition coefficient (Wildman–Crippen LogP) is 3.39. The van der Waals surface area contributed by atoms with Crippen LogP contribution in [-0.2, 0) is 6.54 Å². The van der Waals surface area contributed by atoms with E-state index in [0.717, 1.165) is 5.56 Å². The summed E-state index contributed by atoms with van der Waals surface area (Å²) in [5.41, 5.74) is 1.92. The number of aromatic hydroxyl groups is 1. The van der Waals surface area contributed by atoms with Crippen LogP contribution in [0.25, 0.3) is 11.3 Å². The van der Waals surface area contributed by atoms with E-state index in [1.165, 1.54) is 12.1 Å². The van der Waals surface area contributed by atoms with E-state index in [0.29, 0.717) is 21.8 Å². The highest BCUT2D eigenvalue weighted by Crippen LogP contribution is 2.24. The number of nitrogens with zero attached hydrogens (tertiary/aromatic N) is 1. The van der Waals surface area contributed by atoms with Gasteiger partial charge in [-0.05, 0) is 48.4 Å². The Labute approximate surface area is 159 Å². The van der Waals surface area contributed by atoms with E-state index >= 15 is 0 Å². The van der Waals surface area contributed by atoms with Gasteiger partial charge < -0.3 is 15.2 Å². The lowest BCUT2D eigenvalue weighted by Crippen LogP contribution is -2.28. The van der Waals surface area contributed by atoms with Gasteiger partial charge in [-0.25, -0.2) is 9.89 Å². The summed E-state index contributed by atoms with van der Waals surface area (Å²) >= 11 is 5.81. The lowest BCUT2D eigenvalue weighted by atomic mass is 10.1. The molecule has 0 bridgehead atoms. The molecule has 0 atom stereocenters. The van der Waals surface area contributed by atoms with Crippen molar-refractivity contribution in [3.63, 3.8) is 0 Å². The van der Waals surface area contributed by atoms with Crippen LogP contribution in [-0.4, -0.2) is 21.4 Å². The summed E-state index contributed by atoms with van der Waals surface area (Å²) < 4.78 is 5.10. The maximum Gasteiger partial charge on any atom is 0.413 e. The van der Waals surface area contributed by atoms with E-state index in [2.05, 4.69) is 15.5 Å². The highest BCUT2D eigenvalue weighted by molar-refractivity contribution is 6.30. The fourth-order valence-corrected chi connectivity index (χ4v) is 2.47. The molecule has 3 N–H and O–H groups in total. The molecule has 0 radical (unpaired) electrons. The normalized spacial score (nSPS) is 10.4. The molecule has 0 aliphatic heterocycles. The number of carbonyl (C=O) groups excluding carboxylic acids is 1. The summed E-state index contributed by atoms with van der Waals surface area (Å²) in [4.78, 5) is 23.9. The highest BCUT2D eigenvalue weighted by atomic mass is 35.5. The highest BCUT2D eigenvalue weighted by Gasteiger charge is 2.12. The molecular formula is C19H16ClN3O4. The third-order valence-corrected chi connectivity index (χ3v) is 4.07. The smallest absolute Gasteiger partial charge is 0.413 e. The van der Waals surface area contributed by atoms with Crippen LogP contribution < -0.4 is 15.6 Å². The van der Waals surface area contributed by atoms with Crippen molar-refractivity contribution in [3.8, 4) is 22.8 Å². The molecular weight excluding hydrogens is 370 g/mol. The van der Waals surface area contributed by atoms with E-state index in [1.807, 2.05) is 0 Å². The van der Waals surface area contributed by atoms with Gasteiger partial charge in [-0.3, -0.25) is 4.79 Å². The van der Waals surface area contributed by atoms with Crippen molar-refractivity contribution in [2.45, 2.75) is 13.5 Å². The van der Waals surface area contributed by atoms with Gasteiger partial charge in [0.2, 0.25) is 5.75 Å². The van der Waals surface area contributed by atoms with E-state index in [-0.39, 0.29) is 18.0 Å². The average Bonchev–Trinajstić information content (AvgIpc) is 2.65. The quantitative estimate of drug-likeness (QED) is 0.638. The zero-order chi connectivity index (χ0) is 19.4. The number of ether oxygens (including phenoxy) is 1. The molecule has 8 heteroatoms. The van der Waals surface area contributed by atoms with Crippen molar-refractivity contribution in [1.29, 1.82) is 0 Å². The summed E-state index contributed by atoms with van der Waals surface area (Å²) in [6.07, 6.45) is -0.769. The minimum Gasteiger partial charge on any atom is -0.508 e. The predicted molar refractivity (Wildman–Crippen MR) is 101 cm³/mol. The van der Waals surface area contributed by atoms with Crippen molar-refractivity contribution in [2.75, 3.05) is 0 Å². The van der Waals surface area contributed by atoms with Crippen LogP contribution in [0.15, 0.2) is 53.3 Å². The van der Waals surface area contributed by atoms with Crippen molar-refractivity contribution in [2.24, 2.45) is 0 Å². The van der Waals surface area contributed by atoms with Gasteiger partial charge in [-0.15, -0.1) is 0 Å². The number of benzene rings is 2. The third kappa shape index (κ3) is 4.65. The second-order valence-corrected chi connectivity index (χ2v) is 6.25. The maximum atomic E-state index is 12.0. The van der Waals surface area contributed by atoms with Crippen LogP contribution in [0, 0.1) is 6.92 Å². The molecule has 0 saturated carbocycles. The number of phenols is 1. The lowest BCUT2D eigenvalue weighted by molar-refractivity contribution is 0.199. The van der Waals surface area contributed by atoms with E-state index in [1.54, 1.807) is 43.3 Å². The van der Waals surface area contributed by atoms with Crippen LogP contribution in [0.3, 0.4) is 0 Å². The van der Waals surface area contributed by atoms with Gasteiger partial charge in [-0.1, -0.05) is 23.7 Å². The fraction of sp³-hybridized carbons (Fsp3) is 0.105. The number of phenolic OH excluding ortho intramolecular Hbond substituents is 1. The largest absolute Gasteiger partial charge is 0.508 e. The number of aryl methyl sites for hydroxylation is 1. The summed E-state index contributed by atoms with van der Waals surface area (Å²) in [5, 5.41) is 19.0. The standard InChI is InChI=1S/C19H16ClN3O4/c1-11-8-13(4-7-16(11)24)15-9-17(18(25)23-22-15)27-19(26)21-10-12-2-5-14(20)6-3-12/h2-9,24H,10H2,1H3,(H,21,26)(H,23,25). The minimum absolute atomic E-state index is 0.154. The number of H-pyrrole nitrogens is 1. The minimum atomic E-state index is -0.769. The molecule has 0 fully saturated rings. The Bertz CT molecular complexity index is 1030. The number of rotatable bonds is 4. The second kappa shape index (κ2) is 7.92. The number of halogens is 1. The number of amides is 1. The monoisotopic (exact) mass is 385 g/mol. The summed E-state index contributed by atoms with van der Waals surface area (Å²) in [5.74, 6) is -0.0273. The van der Waals surface area contributed by atoms with Gasteiger partial charge in [-0.2, -0.15) is 5.10 Å². The Balaban J connectivity index is 1.72. The van der Waals surface area contributed by atoms with Gasteiger partial charge in [0.15, 0.2) is 0 Å². The Morgan fingerprint density at radius 3 is 2.67 bits per heavy atom. The Morgan fingerprint density at radius 2 is 1.96 bits per heavy atom. The Hall–Kier alpha value is -3.32. The van der Waals surface area contributed by atoms with Gasteiger partial charge in [0.25, 0.3) is 0 Å². The first-order chi connectivity index (χ1) is 12.9. The molecule has 3 rings (SSSR count). The van der Waals surface area contributed by atoms with E-state index < -0.39 is 11.7 Å². The van der Waals surface area contributed by atoms with E-state index in [9.17, 15) is 14.7 Å². The summed E-state index contributed by atoms with van der Waals surface area (Å²) in [7, 11) is 0. The zero-order valence-electron chi connectivity index (χ0n) is 14.3. The fourth-order valence-electron chi connectivity index (χ4n) is 2.34. The molecule has 0 unspecified atom stereocenters. The second-order valence-electron chi connectivity index (χ2n) is 5.82. The molecule has 1 heterocycles. The lowest BCUT2D eigenvalue weighted by Gasteiger charge is -2.08. The number of hydrogen-bond donors (Lipinski definition) is 3. The molecule has 0 saturated heterocycles. The molecule has 138 valence electrons. The molecule has 1 amide bonds. The van der Waals surface area contributed by atoms with Crippen LogP contribution >= 0.6 is 11.6 Å². The molecule has 7 nitrogen and oxygen atoms in total. The number of aromatic nitrogens is 2. The first-order valence-electron chi connectivity index (χ1n) is 8.02. The Morgan fingerprint density at radius 1 is 1.22 bits per heavy atom. The van der Waals surface area contributed by atoms with Crippen molar-refractivity contribution in [3.05, 3.63) is 75.0 Å². The number of nitrogens with one attached hydrogen (secondary N) is 2. The van der Waals surface area contributed by atoms with Gasteiger partial charge in [0.1, 0.15) is 5.75 Å². The van der Waals surface area contributed by atoms with Gasteiger partial charge in [0, 0.05) is 23.2 Å². The first kappa shape index (κ1) is 18.5.